The molecule has 2 saturated heterocycles. The predicted octanol–water partition coefficient (Wildman–Crippen LogP) is 1.59. The number of carbonyl (C=O) groups excluding carboxylic acids is 1. The fraction of sp³-hybridized carbons (Fsp3) is 0.588. The molecule has 0 radical (unpaired) electrons. The van der Waals surface area contributed by atoms with Crippen LogP contribution in [0.3, 0.4) is 0 Å². The van der Waals surface area contributed by atoms with Crippen LogP contribution in [0.15, 0.2) is 18.2 Å². The monoisotopic (exact) mass is 287 g/mol. The molecule has 0 aromatic heterocycles. The Kier molecular flexibility index (Phi) is 3.54. The first kappa shape index (κ1) is 14.5. The molecular formula is C17H25N3O. The van der Waals surface area contributed by atoms with Crippen LogP contribution < -0.4 is 5.32 Å². The highest BCUT2D eigenvalue weighted by molar-refractivity contribution is 5.94. The van der Waals surface area contributed by atoms with Gasteiger partial charge in [-0.3, -0.25) is 4.79 Å². The molecule has 4 heteroatoms. The number of carbonyl (C=O) groups is 1. The van der Waals surface area contributed by atoms with E-state index in [2.05, 4.69) is 44.2 Å². The predicted molar refractivity (Wildman–Crippen MR) is 84.5 cm³/mol. The minimum Gasteiger partial charge on any atom is -0.337 e. The normalized spacial score (nSPS) is 28.2. The first-order valence-electron chi connectivity index (χ1n) is 7.72. The zero-order valence-electron chi connectivity index (χ0n) is 13.4. The number of nitrogens with one attached hydrogen (secondary N) is 1. The van der Waals surface area contributed by atoms with E-state index in [1.807, 2.05) is 17.0 Å². The van der Waals surface area contributed by atoms with E-state index < -0.39 is 0 Å². The van der Waals surface area contributed by atoms with Crippen LogP contribution in [0.5, 0.6) is 0 Å². The van der Waals surface area contributed by atoms with Gasteiger partial charge in [-0.05, 0) is 57.6 Å². The Bertz CT molecular complexity index is 563. The molecule has 2 aliphatic heterocycles. The fourth-order valence-electron chi connectivity index (χ4n) is 3.27. The summed E-state index contributed by atoms with van der Waals surface area (Å²) in [6.45, 7) is 7.04. The molecule has 4 nitrogen and oxygen atoms in total. The largest absolute Gasteiger partial charge is 0.337 e. The summed E-state index contributed by atoms with van der Waals surface area (Å²) in [6.07, 6.45) is 1.07. The van der Waals surface area contributed by atoms with Crippen molar-refractivity contribution < 1.29 is 4.79 Å². The molecule has 1 aromatic carbocycles. The summed E-state index contributed by atoms with van der Waals surface area (Å²) in [4.78, 5) is 16.8. The third-order valence-corrected chi connectivity index (χ3v) is 4.96. The van der Waals surface area contributed by atoms with Crippen LogP contribution >= 0.6 is 0 Å². The van der Waals surface area contributed by atoms with Gasteiger partial charge >= 0.3 is 0 Å². The SMILES string of the molecule is Cc1cc(C(=O)N2CC[C@H](N(C)C)C2)ccc1C1(C)CN1. The third-order valence-electron chi connectivity index (χ3n) is 4.96. The summed E-state index contributed by atoms with van der Waals surface area (Å²) in [5.41, 5.74) is 3.46. The molecule has 0 aliphatic carbocycles. The Morgan fingerprint density at radius 1 is 1.43 bits per heavy atom. The molecule has 2 aliphatic rings. The standard InChI is InChI=1S/C17H25N3O/c1-12-9-13(5-6-15(12)17(2)11-18-17)16(21)20-8-7-14(10-20)19(3)4/h5-6,9,14,18H,7-8,10-11H2,1-4H3/t14-,17?/m0/s1. The Hall–Kier alpha value is -1.39. The van der Waals surface area contributed by atoms with Gasteiger partial charge < -0.3 is 15.1 Å². The van der Waals surface area contributed by atoms with E-state index in [0.717, 1.165) is 31.6 Å². The lowest BCUT2D eigenvalue weighted by Gasteiger charge is -2.21. The van der Waals surface area contributed by atoms with Gasteiger partial charge in [0.1, 0.15) is 0 Å². The first-order chi connectivity index (χ1) is 9.90. The average Bonchev–Trinajstić information content (AvgIpc) is 3.01. The lowest BCUT2D eigenvalue weighted by atomic mass is 9.94. The Morgan fingerprint density at radius 2 is 2.14 bits per heavy atom. The number of likely N-dealkylation sites (tertiary alicyclic amines) is 1. The van der Waals surface area contributed by atoms with Gasteiger partial charge in [-0.15, -0.1) is 0 Å². The second kappa shape index (κ2) is 5.11. The second-order valence-corrected chi connectivity index (χ2v) is 6.87. The molecule has 2 heterocycles. The van der Waals surface area contributed by atoms with Crippen LogP contribution in [0, 0.1) is 6.92 Å². The Morgan fingerprint density at radius 3 is 2.67 bits per heavy atom. The lowest BCUT2D eigenvalue weighted by molar-refractivity contribution is 0.0783. The number of rotatable bonds is 3. The minimum atomic E-state index is 0.120. The van der Waals surface area contributed by atoms with Gasteiger partial charge in [0.15, 0.2) is 0 Å². The van der Waals surface area contributed by atoms with Gasteiger partial charge in [0, 0.05) is 31.2 Å². The summed E-state index contributed by atoms with van der Waals surface area (Å²) in [7, 11) is 4.17. The lowest BCUT2D eigenvalue weighted by Crippen LogP contribution is -2.34. The number of hydrogen-bond donors (Lipinski definition) is 1. The van der Waals surface area contributed by atoms with Crippen molar-refractivity contribution in [3.63, 3.8) is 0 Å². The number of aryl methyl sites for hydroxylation is 1. The van der Waals surface area contributed by atoms with Crippen molar-refractivity contribution in [3.05, 3.63) is 34.9 Å². The quantitative estimate of drug-likeness (QED) is 0.859. The number of amides is 1. The fourth-order valence-corrected chi connectivity index (χ4v) is 3.27. The van der Waals surface area contributed by atoms with Crippen molar-refractivity contribution in [1.29, 1.82) is 0 Å². The molecule has 1 amide bonds. The van der Waals surface area contributed by atoms with E-state index in [1.54, 1.807) is 0 Å². The van der Waals surface area contributed by atoms with E-state index in [4.69, 9.17) is 0 Å². The molecule has 1 N–H and O–H groups in total. The van der Waals surface area contributed by atoms with Crippen molar-refractivity contribution >= 4 is 5.91 Å². The summed E-state index contributed by atoms with van der Waals surface area (Å²) >= 11 is 0. The van der Waals surface area contributed by atoms with Crippen molar-refractivity contribution in [1.82, 2.24) is 15.1 Å². The van der Waals surface area contributed by atoms with Crippen LogP contribution in [0.25, 0.3) is 0 Å². The molecule has 0 bridgehead atoms. The van der Waals surface area contributed by atoms with Crippen molar-refractivity contribution in [2.24, 2.45) is 0 Å². The van der Waals surface area contributed by atoms with Crippen LogP contribution in [-0.4, -0.2) is 55.5 Å². The molecule has 114 valence electrons. The minimum absolute atomic E-state index is 0.120. The highest BCUT2D eigenvalue weighted by Crippen LogP contribution is 2.32. The van der Waals surface area contributed by atoms with Crippen molar-refractivity contribution in [2.45, 2.75) is 31.8 Å². The number of hydrogen-bond acceptors (Lipinski definition) is 3. The zero-order chi connectivity index (χ0) is 15.2. The Balaban J connectivity index is 1.75. The van der Waals surface area contributed by atoms with Crippen LogP contribution in [-0.2, 0) is 5.54 Å². The molecule has 2 fully saturated rings. The maximum atomic E-state index is 12.6. The smallest absolute Gasteiger partial charge is 0.253 e. The number of nitrogens with zero attached hydrogens (tertiary/aromatic N) is 2. The molecular weight excluding hydrogens is 262 g/mol. The van der Waals surface area contributed by atoms with E-state index in [-0.39, 0.29) is 11.4 Å². The van der Waals surface area contributed by atoms with Gasteiger partial charge in [0.25, 0.3) is 5.91 Å². The summed E-state index contributed by atoms with van der Waals surface area (Å²) in [5.74, 6) is 0.169. The van der Waals surface area contributed by atoms with Gasteiger partial charge in [0.2, 0.25) is 0 Å². The van der Waals surface area contributed by atoms with E-state index in [0.29, 0.717) is 6.04 Å². The molecule has 1 aromatic rings. The maximum Gasteiger partial charge on any atom is 0.253 e. The van der Waals surface area contributed by atoms with Gasteiger partial charge in [-0.2, -0.15) is 0 Å². The second-order valence-electron chi connectivity index (χ2n) is 6.87. The molecule has 21 heavy (non-hydrogen) atoms. The van der Waals surface area contributed by atoms with Crippen molar-refractivity contribution in [3.8, 4) is 0 Å². The summed E-state index contributed by atoms with van der Waals surface area (Å²) in [6, 6.07) is 6.64. The molecule has 0 saturated carbocycles. The van der Waals surface area contributed by atoms with Gasteiger partial charge in [-0.1, -0.05) is 6.07 Å². The van der Waals surface area contributed by atoms with E-state index >= 15 is 0 Å². The van der Waals surface area contributed by atoms with E-state index in [1.165, 1.54) is 11.1 Å². The van der Waals surface area contributed by atoms with Gasteiger partial charge in [-0.25, -0.2) is 0 Å². The highest BCUT2D eigenvalue weighted by Gasteiger charge is 2.39. The number of likely N-dealkylation sites (N-methyl/N-ethyl adjacent to an activating group) is 1. The third kappa shape index (κ3) is 2.70. The van der Waals surface area contributed by atoms with Crippen LogP contribution in [0.2, 0.25) is 0 Å². The number of benzene rings is 1. The molecule has 3 rings (SSSR count). The zero-order valence-corrected chi connectivity index (χ0v) is 13.4. The summed E-state index contributed by atoms with van der Waals surface area (Å²) in [5, 5.41) is 3.39. The van der Waals surface area contributed by atoms with Crippen LogP contribution in [0.1, 0.15) is 34.8 Å². The molecule has 0 spiro atoms. The molecule has 2 atom stereocenters. The summed E-state index contributed by atoms with van der Waals surface area (Å²) < 4.78 is 0. The van der Waals surface area contributed by atoms with Crippen LogP contribution in [0.4, 0.5) is 0 Å². The van der Waals surface area contributed by atoms with E-state index in [9.17, 15) is 4.79 Å². The molecule has 1 unspecified atom stereocenters. The average molecular weight is 287 g/mol. The Labute approximate surface area is 127 Å². The van der Waals surface area contributed by atoms with Crippen molar-refractivity contribution in [2.75, 3.05) is 33.7 Å². The topological polar surface area (TPSA) is 45.5 Å². The highest BCUT2D eigenvalue weighted by atomic mass is 16.2. The first-order valence-corrected chi connectivity index (χ1v) is 7.72. The van der Waals surface area contributed by atoms with Gasteiger partial charge in [0.05, 0.1) is 5.54 Å². The maximum absolute atomic E-state index is 12.6.